The summed E-state index contributed by atoms with van der Waals surface area (Å²) in [5.41, 5.74) is 1.23. The normalized spacial score (nSPS) is 21.4. The highest BCUT2D eigenvalue weighted by Crippen LogP contribution is 2.26. The van der Waals surface area contributed by atoms with Crippen LogP contribution in [0.15, 0.2) is 21.3 Å². The van der Waals surface area contributed by atoms with Gasteiger partial charge in [0.15, 0.2) is 5.82 Å². The first-order valence-corrected chi connectivity index (χ1v) is 7.46. The van der Waals surface area contributed by atoms with Crippen LogP contribution in [-0.4, -0.2) is 41.7 Å². The summed E-state index contributed by atoms with van der Waals surface area (Å²) in [7, 11) is 2.10. The lowest BCUT2D eigenvalue weighted by molar-refractivity contribution is 0.190. The van der Waals surface area contributed by atoms with E-state index in [0.29, 0.717) is 5.89 Å². The number of piperazine rings is 1. The monoisotopic (exact) mass is 314 g/mol. The molecule has 110 valence electrons. The summed E-state index contributed by atoms with van der Waals surface area (Å²) in [6, 6.07) is 2.31. The van der Waals surface area contributed by atoms with E-state index in [1.807, 2.05) is 0 Å². The summed E-state index contributed by atoms with van der Waals surface area (Å²) in [5, 5.41) is 11.7. The minimum Gasteiger partial charge on any atom is -0.339 e. The predicted molar refractivity (Wildman–Crippen MR) is 81.6 cm³/mol. The second-order valence-electron chi connectivity index (χ2n) is 4.97. The van der Waals surface area contributed by atoms with Gasteiger partial charge in [0, 0.05) is 19.6 Å². The van der Waals surface area contributed by atoms with Gasteiger partial charge < -0.3 is 9.84 Å². The summed E-state index contributed by atoms with van der Waals surface area (Å²) >= 11 is 1.69. The summed E-state index contributed by atoms with van der Waals surface area (Å²) in [5.74, 6) is 1.65. The Morgan fingerprint density at radius 1 is 1.55 bits per heavy atom. The minimum absolute atomic E-state index is 0. The standard InChI is InChI=1S/C13H18N4OS.ClH/c1-9(10-3-6-19-8-10)13-15-12(16-18-13)11-7-14-4-5-17(11)2;/h3,6,8-9,11,14H,4-5,7H2,1-2H3;1H. The van der Waals surface area contributed by atoms with Crippen molar-refractivity contribution in [3.8, 4) is 0 Å². The van der Waals surface area contributed by atoms with Crippen LogP contribution in [0.25, 0.3) is 0 Å². The van der Waals surface area contributed by atoms with Gasteiger partial charge in [-0.05, 0) is 36.4 Å². The third-order valence-electron chi connectivity index (χ3n) is 3.68. The van der Waals surface area contributed by atoms with Crippen molar-refractivity contribution in [1.29, 1.82) is 0 Å². The number of aromatic nitrogens is 2. The Labute approximate surface area is 128 Å². The van der Waals surface area contributed by atoms with Gasteiger partial charge in [-0.1, -0.05) is 5.16 Å². The van der Waals surface area contributed by atoms with Crippen molar-refractivity contribution in [2.24, 2.45) is 0 Å². The van der Waals surface area contributed by atoms with Crippen LogP contribution in [0.4, 0.5) is 0 Å². The largest absolute Gasteiger partial charge is 0.339 e. The van der Waals surface area contributed by atoms with Crippen LogP contribution >= 0.6 is 23.7 Å². The van der Waals surface area contributed by atoms with Gasteiger partial charge >= 0.3 is 0 Å². The summed E-state index contributed by atoms with van der Waals surface area (Å²) in [6.45, 7) is 5.00. The van der Waals surface area contributed by atoms with Crippen LogP contribution in [0, 0.1) is 0 Å². The molecule has 2 atom stereocenters. The van der Waals surface area contributed by atoms with Gasteiger partial charge in [-0.2, -0.15) is 16.3 Å². The maximum atomic E-state index is 5.44. The Hall–Kier alpha value is -0.950. The number of rotatable bonds is 3. The first-order valence-electron chi connectivity index (χ1n) is 6.52. The number of likely N-dealkylation sites (N-methyl/N-ethyl adjacent to an activating group) is 1. The van der Waals surface area contributed by atoms with Crippen LogP contribution in [0.1, 0.15) is 36.2 Å². The zero-order valence-electron chi connectivity index (χ0n) is 11.6. The average Bonchev–Trinajstić information content (AvgIpc) is 3.10. The van der Waals surface area contributed by atoms with E-state index < -0.39 is 0 Å². The van der Waals surface area contributed by atoms with Crippen molar-refractivity contribution < 1.29 is 4.52 Å². The molecule has 1 saturated heterocycles. The van der Waals surface area contributed by atoms with Gasteiger partial charge in [0.2, 0.25) is 5.89 Å². The van der Waals surface area contributed by atoms with Gasteiger partial charge in [0.1, 0.15) is 0 Å². The SMILES string of the molecule is CC(c1ccsc1)c1nc(C2CNCCN2C)no1.Cl. The molecule has 1 N–H and O–H groups in total. The molecule has 3 heterocycles. The molecule has 0 amide bonds. The Morgan fingerprint density at radius 3 is 3.10 bits per heavy atom. The molecule has 0 bridgehead atoms. The first-order chi connectivity index (χ1) is 9.25. The van der Waals surface area contributed by atoms with Gasteiger partial charge in [-0.3, -0.25) is 4.90 Å². The lowest BCUT2D eigenvalue weighted by atomic mass is 10.1. The van der Waals surface area contributed by atoms with Crippen LogP contribution in [-0.2, 0) is 0 Å². The Morgan fingerprint density at radius 2 is 2.40 bits per heavy atom. The molecule has 3 rings (SSSR count). The molecule has 2 unspecified atom stereocenters. The predicted octanol–water partition coefficient (Wildman–Crippen LogP) is 2.28. The summed E-state index contributed by atoms with van der Waals surface area (Å²) in [6.07, 6.45) is 0. The van der Waals surface area contributed by atoms with Crippen molar-refractivity contribution in [3.63, 3.8) is 0 Å². The number of halogens is 1. The lowest BCUT2D eigenvalue weighted by Crippen LogP contribution is -2.44. The van der Waals surface area contributed by atoms with E-state index in [2.05, 4.69) is 51.2 Å². The zero-order chi connectivity index (χ0) is 13.2. The molecule has 2 aromatic rings. The van der Waals surface area contributed by atoms with Crippen LogP contribution < -0.4 is 5.32 Å². The second kappa shape index (κ2) is 6.67. The third kappa shape index (κ3) is 3.03. The van der Waals surface area contributed by atoms with Crippen molar-refractivity contribution in [2.75, 3.05) is 26.7 Å². The highest BCUT2D eigenvalue weighted by Gasteiger charge is 2.26. The molecule has 0 spiro atoms. The maximum Gasteiger partial charge on any atom is 0.233 e. The molecule has 7 heteroatoms. The average molecular weight is 315 g/mol. The van der Waals surface area contributed by atoms with Crippen molar-refractivity contribution in [3.05, 3.63) is 34.1 Å². The van der Waals surface area contributed by atoms with Crippen LogP contribution in [0.2, 0.25) is 0 Å². The third-order valence-corrected chi connectivity index (χ3v) is 4.38. The van der Waals surface area contributed by atoms with E-state index >= 15 is 0 Å². The van der Waals surface area contributed by atoms with E-state index in [-0.39, 0.29) is 24.4 Å². The van der Waals surface area contributed by atoms with E-state index in [1.165, 1.54) is 5.56 Å². The molecule has 2 aromatic heterocycles. The molecule has 20 heavy (non-hydrogen) atoms. The smallest absolute Gasteiger partial charge is 0.233 e. The summed E-state index contributed by atoms with van der Waals surface area (Å²) in [4.78, 5) is 6.85. The highest BCUT2D eigenvalue weighted by atomic mass is 35.5. The molecule has 0 saturated carbocycles. The van der Waals surface area contributed by atoms with Gasteiger partial charge in [-0.15, -0.1) is 12.4 Å². The van der Waals surface area contributed by atoms with Crippen molar-refractivity contribution in [1.82, 2.24) is 20.4 Å². The van der Waals surface area contributed by atoms with Gasteiger partial charge in [0.25, 0.3) is 0 Å². The molecular formula is C13H19ClN4OS. The summed E-state index contributed by atoms with van der Waals surface area (Å²) < 4.78 is 5.44. The fourth-order valence-corrected chi connectivity index (χ4v) is 3.07. The molecule has 0 aromatic carbocycles. The molecule has 5 nitrogen and oxygen atoms in total. The molecular weight excluding hydrogens is 296 g/mol. The Kier molecular flexibility index (Phi) is 5.15. The number of nitrogens with one attached hydrogen (secondary N) is 1. The van der Waals surface area contributed by atoms with Gasteiger partial charge in [-0.25, -0.2) is 0 Å². The number of hydrogen-bond donors (Lipinski definition) is 1. The van der Waals surface area contributed by atoms with Gasteiger partial charge in [0.05, 0.1) is 12.0 Å². The van der Waals surface area contributed by atoms with Crippen molar-refractivity contribution in [2.45, 2.75) is 18.9 Å². The van der Waals surface area contributed by atoms with E-state index in [4.69, 9.17) is 4.52 Å². The minimum atomic E-state index is 0. The van der Waals surface area contributed by atoms with E-state index in [9.17, 15) is 0 Å². The van der Waals surface area contributed by atoms with Crippen LogP contribution in [0.3, 0.4) is 0 Å². The lowest BCUT2D eigenvalue weighted by Gasteiger charge is -2.30. The quantitative estimate of drug-likeness (QED) is 0.942. The maximum absolute atomic E-state index is 5.44. The van der Waals surface area contributed by atoms with Crippen LogP contribution in [0.5, 0.6) is 0 Å². The highest BCUT2D eigenvalue weighted by molar-refractivity contribution is 7.08. The molecule has 1 aliphatic heterocycles. The molecule has 0 radical (unpaired) electrons. The molecule has 1 aliphatic rings. The number of hydrogen-bond acceptors (Lipinski definition) is 6. The van der Waals surface area contributed by atoms with Crippen molar-refractivity contribution >= 4 is 23.7 Å². The fourth-order valence-electron chi connectivity index (χ4n) is 2.32. The van der Waals surface area contributed by atoms with E-state index in [0.717, 1.165) is 25.5 Å². The fraction of sp³-hybridized carbons (Fsp3) is 0.538. The van der Waals surface area contributed by atoms with E-state index in [1.54, 1.807) is 11.3 Å². The topological polar surface area (TPSA) is 54.2 Å². The molecule has 0 aliphatic carbocycles. The number of thiophene rings is 1. The second-order valence-corrected chi connectivity index (χ2v) is 5.75. The first kappa shape index (κ1) is 15.4. The molecule has 1 fully saturated rings. The Balaban J connectivity index is 0.00000147. The number of nitrogens with zero attached hydrogens (tertiary/aromatic N) is 3. The Bertz CT molecular complexity index is 530. The zero-order valence-corrected chi connectivity index (χ0v) is 13.2.